The average molecular weight is 244 g/mol. The molecule has 3 rings (SSSR count). The molecule has 0 aliphatic carbocycles. The van der Waals surface area contributed by atoms with E-state index in [1.807, 2.05) is 36.4 Å². The Morgan fingerprint density at radius 2 is 2.00 bits per heavy atom. The largest absolute Gasteiger partial charge is 0.493 e. The molecule has 0 spiro atoms. The predicted octanol–water partition coefficient (Wildman–Crippen LogP) is 2.96. The van der Waals surface area contributed by atoms with Crippen LogP contribution in [0.1, 0.15) is 18.3 Å². The van der Waals surface area contributed by atoms with Crippen molar-refractivity contribution in [3.63, 3.8) is 0 Å². The maximum atomic E-state index is 5.97. The fourth-order valence-corrected chi connectivity index (χ4v) is 2.25. The fraction of sp³-hybridized carbons (Fsp3) is 0.333. The first-order chi connectivity index (χ1) is 8.86. The molecule has 2 heterocycles. The van der Waals surface area contributed by atoms with Gasteiger partial charge in [-0.2, -0.15) is 0 Å². The molecule has 3 heteroatoms. The average Bonchev–Trinajstić information content (AvgIpc) is 2.47. The van der Waals surface area contributed by atoms with Crippen molar-refractivity contribution in [1.29, 1.82) is 0 Å². The monoisotopic (exact) mass is 244 g/mol. The van der Waals surface area contributed by atoms with Crippen molar-refractivity contribution in [2.24, 2.45) is 0 Å². The lowest BCUT2D eigenvalue weighted by Gasteiger charge is -2.38. The van der Waals surface area contributed by atoms with E-state index in [2.05, 4.69) is 6.58 Å². The van der Waals surface area contributed by atoms with E-state index in [0.29, 0.717) is 6.61 Å². The van der Waals surface area contributed by atoms with Crippen LogP contribution in [-0.4, -0.2) is 18.8 Å². The molecule has 0 bridgehead atoms. The van der Waals surface area contributed by atoms with E-state index in [-0.39, 0.29) is 18.5 Å². The van der Waals surface area contributed by atoms with Gasteiger partial charge in [0.25, 0.3) is 0 Å². The highest BCUT2D eigenvalue weighted by atomic mass is 16.7. The first-order valence-corrected chi connectivity index (χ1v) is 6.16. The predicted molar refractivity (Wildman–Crippen MR) is 67.8 cm³/mol. The third-order valence-corrected chi connectivity index (χ3v) is 3.29. The highest BCUT2D eigenvalue weighted by molar-refractivity contribution is 5.19. The zero-order valence-corrected chi connectivity index (χ0v) is 10.1. The summed E-state index contributed by atoms with van der Waals surface area (Å²) in [5, 5.41) is 0. The van der Waals surface area contributed by atoms with Crippen LogP contribution in [0.4, 0.5) is 0 Å². The Kier molecular flexibility index (Phi) is 3.17. The van der Waals surface area contributed by atoms with Crippen molar-refractivity contribution in [3.05, 3.63) is 60.4 Å². The zero-order chi connectivity index (χ0) is 12.4. The smallest absolute Gasteiger partial charge is 0.184 e. The van der Waals surface area contributed by atoms with Crippen LogP contribution in [0.5, 0.6) is 0 Å². The standard InChI is InChI=1S/C15H16O3/c1-2-11-8-13-14(16-9-11)10-17-15(18-13)12-6-4-3-5-7-12/h2-7,9,13-15H,1,8,10H2/t13-,14+,15?/m0/s1. The van der Waals surface area contributed by atoms with Crippen LogP contribution in [0.3, 0.4) is 0 Å². The number of hydrogen-bond donors (Lipinski definition) is 0. The van der Waals surface area contributed by atoms with E-state index in [1.54, 1.807) is 6.26 Å². The summed E-state index contributed by atoms with van der Waals surface area (Å²) < 4.78 is 17.3. The molecule has 3 atom stereocenters. The van der Waals surface area contributed by atoms with Crippen LogP contribution < -0.4 is 0 Å². The minimum absolute atomic E-state index is 0.00587. The third-order valence-electron chi connectivity index (χ3n) is 3.29. The van der Waals surface area contributed by atoms with Crippen LogP contribution in [0.15, 0.2) is 54.8 Å². The lowest BCUT2D eigenvalue weighted by molar-refractivity contribution is -0.260. The number of ether oxygens (including phenoxy) is 3. The molecule has 2 aliphatic rings. The number of rotatable bonds is 2. The summed E-state index contributed by atoms with van der Waals surface area (Å²) in [5.74, 6) is 0. The molecular weight excluding hydrogens is 228 g/mol. The van der Waals surface area contributed by atoms with Gasteiger partial charge in [-0.05, 0) is 5.57 Å². The van der Waals surface area contributed by atoms with Gasteiger partial charge >= 0.3 is 0 Å². The van der Waals surface area contributed by atoms with Gasteiger partial charge in [0.1, 0.15) is 12.2 Å². The molecular formula is C15H16O3. The summed E-state index contributed by atoms with van der Waals surface area (Å²) in [7, 11) is 0. The molecule has 94 valence electrons. The van der Waals surface area contributed by atoms with Gasteiger partial charge in [-0.25, -0.2) is 0 Å². The first-order valence-electron chi connectivity index (χ1n) is 6.16. The highest BCUT2D eigenvalue weighted by Crippen LogP contribution is 2.32. The van der Waals surface area contributed by atoms with E-state index >= 15 is 0 Å². The lowest BCUT2D eigenvalue weighted by Crippen LogP contribution is -2.43. The third kappa shape index (κ3) is 2.19. The molecule has 1 fully saturated rings. The summed E-state index contributed by atoms with van der Waals surface area (Å²) >= 11 is 0. The Hall–Kier alpha value is -1.58. The van der Waals surface area contributed by atoms with Crippen molar-refractivity contribution in [2.45, 2.75) is 24.9 Å². The maximum absolute atomic E-state index is 5.97. The topological polar surface area (TPSA) is 27.7 Å². The van der Waals surface area contributed by atoms with Crippen molar-refractivity contribution < 1.29 is 14.2 Å². The Balaban J connectivity index is 1.73. The van der Waals surface area contributed by atoms with Crippen molar-refractivity contribution >= 4 is 0 Å². The number of hydrogen-bond acceptors (Lipinski definition) is 3. The Bertz CT molecular complexity index is 452. The van der Waals surface area contributed by atoms with Crippen LogP contribution in [0.2, 0.25) is 0 Å². The van der Waals surface area contributed by atoms with Crippen molar-refractivity contribution in [2.75, 3.05) is 6.61 Å². The van der Waals surface area contributed by atoms with Crippen LogP contribution in [-0.2, 0) is 14.2 Å². The second kappa shape index (κ2) is 4.96. The number of benzene rings is 1. The van der Waals surface area contributed by atoms with Gasteiger partial charge in [-0.15, -0.1) is 0 Å². The summed E-state index contributed by atoms with van der Waals surface area (Å²) in [4.78, 5) is 0. The molecule has 1 aromatic rings. The fourth-order valence-electron chi connectivity index (χ4n) is 2.25. The minimum atomic E-state index is -0.291. The van der Waals surface area contributed by atoms with E-state index in [0.717, 1.165) is 17.6 Å². The van der Waals surface area contributed by atoms with Gasteiger partial charge in [-0.1, -0.05) is 43.0 Å². The highest BCUT2D eigenvalue weighted by Gasteiger charge is 2.35. The van der Waals surface area contributed by atoms with E-state index in [9.17, 15) is 0 Å². The zero-order valence-electron chi connectivity index (χ0n) is 10.1. The van der Waals surface area contributed by atoms with Crippen LogP contribution in [0.25, 0.3) is 0 Å². The number of allylic oxidation sites excluding steroid dienone is 1. The lowest BCUT2D eigenvalue weighted by atomic mass is 10.0. The molecule has 3 nitrogen and oxygen atoms in total. The molecule has 0 N–H and O–H groups in total. The summed E-state index contributed by atoms with van der Waals surface area (Å²) in [6, 6.07) is 9.98. The summed E-state index contributed by atoms with van der Waals surface area (Å²) in [6.45, 7) is 4.32. The molecule has 1 saturated heterocycles. The van der Waals surface area contributed by atoms with Gasteiger partial charge in [-0.3, -0.25) is 0 Å². The molecule has 0 amide bonds. The Morgan fingerprint density at radius 1 is 1.17 bits per heavy atom. The number of fused-ring (bicyclic) bond motifs is 1. The SMILES string of the molecule is C=CC1=CO[C@@H]2COC(c3ccccc3)O[C@H]2C1. The summed E-state index contributed by atoms with van der Waals surface area (Å²) in [6.07, 6.45) is 4.15. The van der Waals surface area contributed by atoms with E-state index in [1.165, 1.54) is 0 Å². The molecule has 1 aromatic carbocycles. The van der Waals surface area contributed by atoms with Gasteiger partial charge in [0.05, 0.1) is 12.9 Å². The Morgan fingerprint density at radius 3 is 2.78 bits per heavy atom. The first kappa shape index (κ1) is 11.5. The van der Waals surface area contributed by atoms with Gasteiger partial charge in [0.2, 0.25) is 0 Å². The minimum Gasteiger partial charge on any atom is -0.493 e. The molecule has 0 aromatic heterocycles. The maximum Gasteiger partial charge on any atom is 0.184 e. The van der Waals surface area contributed by atoms with E-state index < -0.39 is 0 Å². The molecule has 0 saturated carbocycles. The van der Waals surface area contributed by atoms with Crippen molar-refractivity contribution in [1.82, 2.24) is 0 Å². The van der Waals surface area contributed by atoms with Crippen LogP contribution in [0, 0.1) is 0 Å². The van der Waals surface area contributed by atoms with Gasteiger partial charge in [0.15, 0.2) is 6.29 Å². The van der Waals surface area contributed by atoms with Gasteiger partial charge in [0, 0.05) is 12.0 Å². The van der Waals surface area contributed by atoms with Crippen molar-refractivity contribution in [3.8, 4) is 0 Å². The molecule has 1 unspecified atom stereocenters. The van der Waals surface area contributed by atoms with E-state index in [4.69, 9.17) is 14.2 Å². The quantitative estimate of drug-likeness (QED) is 0.800. The van der Waals surface area contributed by atoms with Crippen LogP contribution >= 0.6 is 0 Å². The second-order valence-corrected chi connectivity index (χ2v) is 4.53. The Labute approximate surface area is 107 Å². The summed E-state index contributed by atoms with van der Waals surface area (Å²) in [5.41, 5.74) is 2.12. The molecule has 18 heavy (non-hydrogen) atoms. The van der Waals surface area contributed by atoms with Gasteiger partial charge < -0.3 is 14.2 Å². The molecule has 0 radical (unpaired) electrons. The normalized spacial score (nSPS) is 30.9. The molecule has 2 aliphatic heterocycles. The second-order valence-electron chi connectivity index (χ2n) is 4.53.